The molecule has 0 spiro atoms. The van der Waals surface area contributed by atoms with E-state index in [2.05, 4.69) is 21.2 Å². The highest BCUT2D eigenvalue weighted by Crippen LogP contribution is 2.23. The van der Waals surface area contributed by atoms with Crippen LogP contribution in [-0.4, -0.2) is 11.0 Å². The molecule has 20 heavy (non-hydrogen) atoms. The van der Waals surface area contributed by atoms with Crippen LogP contribution in [0.5, 0.6) is 5.75 Å². The number of hydrogen-bond donors (Lipinski definition) is 2. The van der Waals surface area contributed by atoms with Gasteiger partial charge in [-0.25, -0.2) is 4.39 Å². The standard InChI is InChI=1S/C14H10BrClFNO2/c15-10-6-8(4-5-11(10)16)14(20)18-7-9-2-1-3-12(17)13(9)19/h1-6,19H,7H2,(H,18,20). The number of halogens is 3. The predicted octanol–water partition coefficient (Wildman–Crippen LogP) is 3.88. The molecule has 0 saturated carbocycles. The van der Waals surface area contributed by atoms with E-state index in [0.29, 0.717) is 20.6 Å². The van der Waals surface area contributed by atoms with Gasteiger partial charge in [-0.3, -0.25) is 4.79 Å². The topological polar surface area (TPSA) is 49.3 Å². The van der Waals surface area contributed by atoms with Gasteiger partial charge in [0, 0.05) is 22.1 Å². The van der Waals surface area contributed by atoms with Crippen molar-refractivity contribution in [3.8, 4) is 5.75 Å². The van der Waals surface area contributed by atoms with Crippen molar-refractivity contribution in [2.45, 2.75) is 6.54 Å². The minimum absolute atomic E-state index is 0.0304. The monoisotopic (exact) mass is 357 g/mol. The van der Waals surface area contributed by atoms with Crippen molar-refractivity contribution in [3.05, 3.63) is 62.8 Å². The first-order valence-corrected chi connectivity index (χ1v) is 6.85. The van der Waals surface area contributed by atoms with E-state index in [-0.39, 0.29) is 12.5 Å². The van der Waals surface area contributed by atoms with Crippen LogP contribution in [-0.2, 0) is 6.54 Å². The minimum atomic E-state index is -0.717. The molecule has 0 radical (unpaired) electrons. The number of phenolic OH excluding ortho intramolecular Hbond substituents is 1. The molecular weight excluding hydrogens is 349 g/mol. The molecule has 0 atom stereocenters. The molecule has 0 aromatic heterocycles. The number of phenols is 1. The summed E-state index contributed by atoms with van der Waals surface area (Å²) in [5, 5.41) is 12.6. The summed E-state index contributed by atoms with van der Waals surface area (Å²) in [7, 11) is 0. The Morgan fingerprint density at radius 2 is 2.10 bits per heavy atom. The summed E-state index contributed by atoms with van der Waals surface area (Å²) >= 11 is 9.07. The molecule has 0 aliphatic rings. The molecule has 2 aromatic carbocycles. The van der Waals surface area contributed by atoms with Crippen LogP contribution >= 0.6 is 27.5 Å². The number of para-hydroxylation sites is 1. The van der Waals surface area contributed by atoms with Gasteiger partial charge in [-0.1, -0.05) is 23.7 Å². The lowest BCUT2D eigenvalue weighted by molar-refractivity contribution is 0.0950. The van der Waals surface area contributed by atoms with Gasteiger partial charge in [0.25, 0.3) is 5.91 Å². The second kappa shape index (κ2) is 6.24. The number of benzene rings is 2. The van der Waals surface area contributed by atoms with Gasteiger partial charge < -0.3 is 10.4 Å². The van der Waals surface area contributed by atoms with Crippen LogP contribution in [0.2, 0.25) is 5.02 Å². The van der Waals surface area contributed by atoms with Crippen molar-refractivity contribution in [2.75, 3.05) is 0 Å². The average Bonchev–Trinajstić information content (AvgIpc) is 2.43. The molecular formula is C14H10BrClFNO2. The molecule has 104 valence electrons. The molecule has 0 unspecified atom stereocenters. The molecule has 0 fully saturated rings. The Bertz CT molecular complexity index is 664. The fraction of sp³-hybridized carbons (Fsp3) is 0.0714. The van der Waals surface area contributed by atoms with Gasteiger partial charge in [-0.2, -0.15) is 0 Å². The SMILES string of the molecule is O=C(NCc1cccc(F)c1O)c1ccc(Cl)c(Br)c1. The van der Waals surface area contributed by atoms with E-state index in [9.17, 15) is 14.3 Å². The third-order valence-electron chi connectivity index (χ3n) is 2.69. The molecule has 2 rings (SSSR count). The minimum Gasteiger partial charge on any atom is -0.505 e. The van der Waals surface area contributed by atoms with Gasteiger partial charge in [-0.05, 0) is 40.2 Å². The van der Waals surface area contributed by atoms with E-state index in [1.807, 2.05) is 0 Å². The number of carbonyl (C=O) groups excluding carboxylic acids is 1. The Labute approximate surface area is 128 Å². The van der Waals surface area contributed by atoms with Crippen molar-refractivity contribution in [1.82, 2.24) is 5.32 Å². The fourth-order valence-corrected chi connectivity index (χ4v) is 2.11. The van der Waals surface area contributed by atoms with Crippen LogP contribution in [0.15, 0.2) is 40.9 Å². The Balaban J connectivity index is 2.08. The van der Waals surface area contributed by atoms with E-state index in [1.54, 1.807) is 18.2 Å². The molecule has 0 aliphatic carbocycles. The fourth-order valence-electron chi connectivity index (χ4n) is 1.62. The highest BCUT2D eigenvalue weighted by atomic mass is 79.9. The van der Waals surface area contributed by atoms with Gasteiger partial charge in [0.15, 0.2) is 11.6 Å². The van der Waals surface area contributed by atoms with E-state index < -0.39 is 11.6 Å². The van der Waals surface area contributed by atoms with Crippen LogP contribution in [0.3, 0.4) is 0 Å². The Kier molecular flexibility index (Phi) is 4.62. The van der Waals surface area contributed by atoms with E-state index in [1.165, 1.54) is 12.1 Å². The van der Waals surface area contributed by atoms with E-state index >= 15 is 0 Å². The van der Waals surface area contributed by atoms with Crippen molar-refractivity contribution >= 4 is 33.4 Å². The predicted molar refractivity (Wildman–Crippen MR) is 78.4 cm³/mol. The molecule has 0 aliphatic heterocycles. The Morgan fingerprint density at radius 1 is 1.35 bits per heavy atom. The highest BCUT2D eigenvalue weighted by Gasteiger charge is 2.10. The van der Waals surface area contributed by atoms with Crippen LogP contribution < -0.4 is 5.32 Å². The third-order valence-corrected chi connectivity index (χ3v) is 3.91. The Morgan fingerprint density at radius 3 is 2.80 bits per heavy atom. The summed E-state index contributed by atoms with van der Waals surface area (Å²) < 4.78 is 13.8. The number of amides is 1. The first-order valence-electron chi connectivity index (χ1n) is 5.68. The summed E-state index contributed by atoms with van der Waals surface area (Å²) in [6, 6.07) is 8.92. The molecule has 6 heteroatoms. The van der Waals surface area contributed by atoms with Gasteiger partial charge in [0.1, 0.15) is 0 Å². The molecule has 2 N–H and O–H groups in total. The second-order valence-electron chi connectivity index (χ2n) is 4.06. The average molecular weight is 359 g/mol. The van der Waals surface area contributed by atoms with Crippen molar-refractivity contribution in [2.24, 2.45) is 0 Å². The Hall–Kier alpha value is -1.59. The van der Waals surface area contributed by atoms with Gasteiger partial charge in [-0.15, -0.1) is 0 Å². The molecule has 3 nitrogen and oxygen atoms in total. The van der Waals surface area contributed by atoms with Crippen LogP contribution in [0, 0.1) is 5.82 Å². The summed E-state index contributed by atoms with van der Waals surface area (Å²) in [5.41, 5.74) is 0.726. The number of nitrogens with one attached hydrogen (secondary N) is 1. The summed E-state index contributed by atoms with van der Waals surface area (Å²) in [5.74, 6) is -1.51. The summed E-state index contributed by atoms with van der Waals surface area (Å²) in [6.45, 7) is 0.0304. The normalized spacial score (nSPS) is 10.3. The number of aromatic hydroxyl groups is 1. The lowest BCUT2D eigenvalue weighted by Gasteiger charge is -2.08. The quantitative estimate of drug-likeness (QED) is 0.875. The van der Waals surface area contributed by atoms with Crippen LogP contribution in [0.25, 0.3) is 0 Å². The highest BCUT2D eigenvalue weighted by molar-refractivity contribution is 9.10. The van der Waals surface area contributed by atoms with Gasteiger partial charge in [0.2, 0.25) is 0 Å². The number of carbonyl (C=O) groups is 1. The maximum Gasteiger partial charge on any atom is 0.251 e. The zero-order valence-electron chi connectivity index (χ0n) is 10.2. The van der Waals surface area contributed by atoms with E-state index in [4.69, 9.17) is 11.6 Å². The molecule has 1 amide bonds. The lowest BCUT2D eigenvalue weighted by atomic mass is 10.1. The zero-order valence-corrected chi connectivity index (χ0v) is 12.5. The summed E-state index contributed by atoms with van der Waals surface area (Å²) in [4.78, 5) is 11.9. The maximum absolute atomic E-state index is 13.1. The van der Waals surface area contributed by atoms with Gasteiger partial charge in [0.05, 0.1) is 5.02 Å². The maximum atomic E-state index is 13.1. The van der Waals surface area contributed by atoms with Crippen LogP contribution in [0.1, 0.15) is 15.9 Å². The van der Waals surface area contributed by atoms with Crippen molar-refractivity contribution in [1.29, 1.82) is 0 Å². The zero-order chi connectivity index (χ0) is 14.7. The molecule has 2 aromatic rings. The lowest BCUT2D eigenvalue weighted by Crippen LogP contribution is -2.22. The largest absolute Gasteiger partial charge is 0.505 e. The second-order valence-corrected chi connectivity index (χ2v) is 5.32. The van der Waals surface area contributed by atoms with Crippen molar-refractivity contribution < 1.29 is 14.3 Å². The smallest absolute Gasteiger partial charge is 0.251 e. The first-order chi connectivity index (χ1) is 9.49. The molecule has 0 heterocycles. The van der Waals surface area contributed by atoms with Crippen molar-refractivity contribution in [3.63, 3.8) is 0 Å². The third kappa shape index (κ3) is 3.29. The number of hydrogen-bond acceptors (Lipinski definition) is 2. The number of rotatable bonds is 3. The van der Waals surface area contributed by atoms with Gasteiger partial charge >= 0.3 is 0 Å². The first kappa shape index (κ1) is 14.8. The van der Waals surface area contributed by atoms with E-state index in [0.717, 1.165) is 6.07 Å². The molecule has 0 bridgehead atoms. The molecule has 0 saturated heterocycles. The van der Waals surface area contributed by atoms with Crippen LogP contribution in [0.4, 0.5) is 4.39 Å². The summed E-state index contributed by atoms with van der Waals surface area (Å²) in [6.07, 6.45) is 0.